The molecule has 120 valence electrons. The first kappa shape index (κ1) is 17.6. The molecular weight excluding hydrogens is 304 g/mol. The molecule has 1 aromatic rings. The molecule has 0 bridgehead atoms. The maximum atomic E-state index is 12.8. The Morgan fingerprint density at radius 1 is 1.00 bits per heavy atom. The average Bonchev–Trinajstić information content (AvgIpc) is 2.34. The first-order chi connectivity index (χ1) is 9.63. The number of hydrogen-bond acceptors (Lipinski definition) is 3. The Balaban J connectivity index is 2.77. The zero-order valence-electron chi connectivity index (χ0n) is 10.7. The van der Waals surface area contributed by atoms with Crippen LogP contribution in [0.3, 0.4) is 0 Å². The van der Waals surface area contributed by atoms with Crippen LogP contribution < -0.4 is 10.5 Å². The van der Waals surface area contributed by atoms with E-state index in [9.17, 15) is 26.3 Å². The van der Waals surface area contributed by atoms with Gasteiger partial charge in [-0.1, -0.05) is 6.07 Å². The van der Waals surface area contributed by atoms with E-state index in [-0.39, 0.29) is 13.0 Å². The van der Waals surface area contributed by atoms with Crippen molar-refractivity contribution in [1.82, 2.24) is 0 Å². The van der Waals surface area contributed by atoms with Crippen LogP contribution in [0, 0.1) is 0 Å². The van der Waals surface area contributed by atoms with Gasteiger partial charge in [0.2, 0.25) is 0 Å². The molecule has 0 aliphatic rings. The van der Waals surface area contributed by atoms with Gasteiger partial charge in [0.15, 0.2) is 0 Å². The summed E-state index contributed by atoms with van der Waals surface area (Å²) in [6, 6.07) is 3.30. The van der Waals surface area contributed by atoms with Crippen molar-refractivity contribution in [2.24, 2.45) is 5.73 Å². The van der Waals surface area contributed by atoms with E-state index in [1.807, 2.05) is 0 Å². The van der Waals surface area contributed by atoms with E-state index in [1.165, 1.54) is 6.07 Å². The van der Waals surface area contributed by atoms with Crippen LogP contribution in [0.1, 0.15) is 11.1 Å². The standard InChI is InChI=1S/C12H13F6NO2/c13-11(14,15)9-7-8(3-4-19)1-2-10(9)20-5-6-21-12(16,17)18/h1-2,7H,3-6,19H2. The highest BCUT2D eigenvalue weighted by atomic mass is 19.4. The number of hydrogen-bond donors (Lipinski definition) is 1. The van der Waals surface area contributed by atoms with Gasteiger partial charge in [-0.15, -0.1) is 13.2 Å². The number of nitrogens with two attached hydrogens (primary N) is 1. The Bertz CT molecular complexity index is 458. The Morgan fingerprint density at radius 2 is 1.67 bits per heavy atom. The molecule has 1 rings (SSSR count). The van der Waals surface area contributed by atoms with Crippen LogP contribution in [-0.2, 0) is 17.3 Å². The summed E-state index contributed by atoms with van der Waals surface area (Å²) in [5.41, 5.74) is 4.57. The van der Waals surface area contributed by atoms with Crippen molar-refractivity contribution in [3.05, 3.63) is 29.3 Å². The topological polar surface area (TPSA) is 44.5 Å². The lowest BCUT2D eigenvalue weighted by Crippen LogP contribution is -2.19. The van der Waals surface area contributed by atoms with Crippen LogP contribution in [0.4, 0.5) is 26.3 Å². The third-order valence-corrected chi connectivity index (χ3v) is 2.39. The van der Waals surface area contributed by atoms with E-state index in [4.69, 9.17) is 10.5 Å². The maximum Gasteiger partial charge on any atom is 0.522 e. The zero-order valence-corrected chi connectivity index (χ0v) is 10.7. The van der Waals surface area contributed by atoms with Crippen molar-refractivity contribution in [3.8, 4) is 5.75 Å². The molecule has 3 nitrogen and oxygen atoms in total. The molecule has 21 heavy (non-hydrogen) atoms. The van der Waals surface area contributed by atoms with Gasteiger partial charge in [-0.2, -0.15) is 13.2 Å². The fraction of sp³-hybridized carbons (Fsp3) is 0.500. The van der Waals surface area contributed by atoms with E-state index in [1.54, 1.807) is 0 Å². The van der Waals surface area contributed by atoms with Gasteiger partial charge in [0.25, 0.3) is 0 Å². The maximum absolute atomic E-state index is 12.8. The summed E-state index contributed by atoms with van der Waals surface area (Å²) in [6.07, 6.45) is -9.27. The second-order valence-electron chi connectivity index (χ2n) is 4.01. The molecule has 2 N–H and O–H groups in total. The number of halogens is 6. The molecule has 0 atom stereocenters. The van der Waals surface area contributed by atoms with E-state index in [0.29, 0.717) is 5.56 Å². The van der Waals surface area contributed by atoms with Crippen molar-refractivity contribution < 1.29 is 35.8 Å². The highest BCUT2D eigenvalue weighted by Gasteiger charge is 2.35. The second kappa shape index (κ2) is 6.99. The Labute approximate surface area is 116 Å². The lowest BCUT2D eigenvalue weighted by atomic mass is 10.1. The molecular formula is C12H13F6NO2. The van der Waals surface area contributed by atoms with Gasteiger partial charge in [-0.05, 0) is 30.7 Å². The third kappa shape index (κ3) is 6.21. The molecule has 0 unspecified atom stereocenters. The fourth-order valence-corrected chi connectivity index (χ4v) is 1.56. The summed E-state index contributed by atoms with van der Waals surface area (Å²) in [5.74, 6) is -0.547. The molecule has 0 heterocycles. The van der Waals surface area contributed by atoms with Crippen LogP contribution in [0.5, 0.6) is 5.75 Å². The number of rotatable bonds is 6. The molecule has 0 aliphatic carbocycles. The lowest BCUT2D eigenvalue weighted by Gasteiger charge is -2.15. The van der Waals surface area contributed by atoms with Gasteiger partial charge in [0.05, 0.1) is 12.2 Å². The Hall–Kier alpha value is -1.48. The summed E-state index contributed by atoms with van der Waals surface area (Å²) < 4.78 is 81.8. The normalized spacial score (nSPS) is 12.5. The monoisotopic (exact) mass is 317 g/mol. The number of ether oxygens (including phenoxy) is 2. The SMILES string of the molecule is NCCc1ccc(OCCOC(F)(F)F)c(C(F)(F)F)c1. The summed E-state index contributed by atoms with van der Waals surface area (Å²) in [4.78, 5) is 0. The summed E-state index contributed by atoms with van der Waals surface area (Å²) in [5, 5.41) is 0. The van der Waals surface area contributed by atoms with Gasteiger partial charge in [-0.25, -0.2) is 0 Å². The zero-order chi connectivity index (χ0) is 16.1. The Morgan fingerprint density at radius 3 is 2.19 bits per heavy atom. The molecule has 0 fully saturated rings. The minimum absolute atomic E-state index is 0.178. The largest absolute Gasteiger partial charge is 0.522 e. The van der Waals surface area contributed by atoms with Gasteiger partial charge >= 0.3 is 12.5 Å². The minimum atomic E-state index is -4.85. The molecule has 0 saturated heterocycles. The van der Waals surface area contributed by atoms with Crippen molar-refractivity contribution in [2.75, 3.05) is 19.8 Å². The van der Waals surface area contributed by atoms with Gasteiger partial charge in [0, 0.05) is 0 Å². The van der Waals surface area contributed by atoms with E-state index < -0.39 is 37.1 Å². The van der Waals surface area contributed by atoms with Crippen LogP contribution >= 0.6 is 0 Å². The van der Waals surface area contributed by atoms with Crippen LogP contribution in [0.25, 0.3) is 0 Å². The molecule has 0 spiro atoms. The number of alkyl halides is 6. The summed E-state index contributed by atoms with van der Waals surface area (Å²) in [6.45, 7) is -1.37. The predicted molar refractivity (Wildman–Crippen MR) is 61.7 cm³/mol. The predicted octanol–water partition coefficient (Wildman–Crippen LogP) is 3.12. The molecule has 9 heteroatoms. The second-order valence-corrected chi connectivity index (χ2v) is 4.01. The van der Waals surface area contributed by atoms with Gasteiger partial charge in [0.1, 0.15) is 12.4 Å². The molecule has 0 aliphatic heterocycles. The smallest absolute Gasteiger partial charge is 0.491 e. The molecule has 0 saturated carbocycles. The van der Waals surface area contributed by atoms with E-state index >= 15 is 0 Å². The van der Waals surface area contributed by atoms with E-state index in [2.05, 4.69) is 4.74 Å². The van der Waals surface area contributed by atoms with Crippen LogP contribution in [-0.4, -0.2) is 26.1 Å². The first-order valence-corrected chi connectivity index (χ1v) is 5.87. The molecule has 0 aromatic heterocycles. The highest BCUT2D eigenvalue weighted by Crippen LogP contribution is 2.37. The third-order valence-electron chi connectivity index (χ3n) is 2.39. The van der Waals surface area contributed by atoms with Crippen molar-refractivity contribution in [1.29, 1.82) is 0 Å². The van der Waals surface area contributed by atoms with E-state index in [0.717, 1.165) is 12.1 Å². The molecule has 1 aromatic carbocycles. The summed E-state index contributed by atoms with van der Waals surface area (Å²) >= 11 is 0. The van der Waals surface area contributed by atoms with Crippen LogP contribution in [0.2, 0.25) is 0 Å². The van der Waals surface area contributed by atoms with Gasteiger partial charge < -0.3 is 10.5 Å². The Kier molecular flexibility index (Phi) is 5.85. The van der Waals surface area contributed by atoms with Crippen molar-refractivity contribution in [3.63, 3.8) is 0 Å². The average molecular weight is 317 g/mol. The highest BCUT2D eigenvalue weighted by molar-refractivity contribution is 5.39. The van der Waals surface area contributed by atoms with Crippen molar-refractivity contribution >= 4 is 0 Å². The lowest BCUT2D eigenvalue weighted by molar-refractivity contribution is -0.325. The summed E-state index contributed by atoms with van der Waals surface area (Å²) in [7, 11) is 0. The van der Waals surface area contributed by atoms with Gasteiger partial charge in [-0.3, -0.25) is 4.74 Å². The molecule has 0 radical (unpaired) electrons. The first-order valence-electron chi connectivity index (χ1n) is 5.87. The van der Waals surface area contributed by atoms with Crippen molar-refractivity contribution in [2.45, 2.75) is 19.0 Å². The fourth-order valence-electron chi connectivity index (χ4n) is 1.56. The van der Waals surface area contributed by atoms with Crippen LogP contribution in [0.15, 0.2) is 18.2 Å². The molecule has 0 amide bonds. The number of benzene rings is 1. The minimum Gasteiger partial charge on any atom is -0.491 e. The quantitative estimate of drug-likeness (QED) is 0.648.